The lowest BCUT2D eigenvalue weighted by Gasteiger charge is -2.22. The van der Waals surface area contributed by atoms with Gasteiger partial charge in [0.15, 0.2) is 5.96 Å². The van der Waals surface area contributed by atoms with Crippen molar-refractivity contribution in [1.82, 2.24) is 10.6 Å². The lowest BCUT2D eigenvalue weighted by molar-refractivity contribution is 0.0725. The van der Waals surface area contributed by atoms with Crippen LogP contribution in [-0.4, -0.2) is 47.3 Å². The highest BCUT2D eigenvalue weighted by molar-refractivity contribution is 14.0. The molecule has 0 radical (unpaired) electrons. The highest BCUT2D eigenvalue weighted by Crippen LogP contribution is 2.26. The molecule has 2 rings (SSSR count). The Balaban J connectivity index is 0.00000112. The SMILES string of the molecule is CC1CN=C(NCC2(O)CCSC2)N1.I. The number of thioether (sulfide) groups is 1. The maximum atomic E-state index is 10.1. The van der Waals surface area contributed by atoms with Gasteiger partial charge in [0.2, 0.25) is 0 Å². The molecule has 2 atom stereocenters. The van der Waals surface area contributed by atoms with Gasteiger partial charge >= 0.3 is 0 Å². The summed E-state index contributed by atoms with van der Waals surface area (Å²) >= 11 is 1.81. The minimum absolute atomic E-state index is 0. The molecule has 2 aliphatic heterocycles. The van der Waals surface area contributed by atoms with Crippen LogP contribution in [0.3, 0.4) is 0 Å². The Bertz CT molecular complexity index is 244. The summed E-state index contributed by atoms with van der Waals surface area (Å²) in [5, 5.41) is 16.4. The van der Waals surface area contributed by atoms with Crippen LogP contribution in [0.15, 0.2) is 4.99 Å². The fraction of sp³-hybridized carbons (Fsp3) is 0.889. The maximum absolute atomic E-state index is 10.1. The predicted octanol–water partition coefficient (Wildman–Crippen LogP) is 0.410. The largest absolute Gasteiger partial charge is 0.387 e. The van der Waals surface area contributed by atoms with Crippen molar-refractivity contribution in [3.63, 3.8) is 0 Å². The summed E-state index contributed by atoms with van der Waals surface area (Å²) in [6.45, 7) is 3.53. The molecule has 0 amide bonds. The van der Waals surface area contributed by atoms with Crippen LogP contribution in [-0.2, 0) is 0 Å². The molecular weight excluding hydrogens is 325 g/mol. The summed E-state index contributed by atoms with van der Waals surface area (Å²) in [7, 11) is 0. The van der Waals surface area contributed by atoms with Crippen molar-refractivity contribution in [2.24, 2.45) is 4.99 Å². The van der Waals surface area contributed by atoms with Crippen LogP contribution in [0.2, 0.25) is 0 Å². The third-order valence-corrected chi connectivity index (χ3v) is 3.81. The van der Waals surface area contributed by atoms with Crippen LogP contribution >= 0.6 is 35.7 Å². The average Bonchev–Trinajstić information content (AvgIpc) is 2.73. The minimum atomic E-state index is -0.527. The summed E-state index contributed by atoms with van der Waals surface area (Å²) in [6, 6.07) is 0.421. The quantitative estimate of drug-likeness (QED) is 0.636. The monoisotopic (exact) mass is 343 g/mol. The van der Waals surface area contributed by atoms with E-state index in [0.717, 1.165) is 30.4 Å². The minimum Gasteiger partial charge on any atom is -0.387 e. The van der Waals surface area contributed by atoms with Crippen LogP contribution < -0.4 is 10.6 Å². The molecule has 0 saturated carbocycles. The molecule has 15 heavy (non-hydrogen) atoms. The Morgan fingerprint density at radius 3 is 3.07 bits per heavy atom. The first-order valence-corrected chi connectivity index (χ1v) is 6.18. The summed E-state index contributed by atoms with van der Waals surface area (Å²) in [6.07, 6.45) is 0.882. The maximum Gasteiger partial charge on any atom is 0.191 e. The summed E-state index contributed by atoms with van der Waals surface area (Å²) in [5.74, 6) is 2.74. The number of halogens is 1. The van der Waals surface area contributed by atoms with Crippen LogP contribution in [0.25, 0.3) is 0 Å². The van der Waals surface area contributed by atoms with Gasteiger partial charge in [0.25, 0.3) is 0 Å². The van der Waals surface area contributed by atoms with E-state index in [2.05, 4.69) is 22.5 Å². The smallest absolute Gasteiger partial charge is 0.191 e. The first kappa shape index (κ1) is 13.4. The van der Waals surface area contributed by atoms with Crippen molar-refractivity contribution >= 4 is 41.7 Å². The lowest BCUT2D eigenvalue weighted by atomic mass is 10.0. The van der Waals surface area contributed by atoms with E-state index in [0.29, 0.717) is 12.6 Å². The second kappa shape index (κ2) is 5.58. The van der Waals surface area contributed by atoms with E-state index >= 15 is 0 Å². The number of rotatable bonds is 2. The van der Waals surface area contributed by atoms with E-state index in [1.54, 1.807) is 0 Å². The van der Waals surface area contributed by atoms with Gasteiger partial charge in [-0.2, -0.15) is 11.8 Å². The van der Waals surface area contributed by atoms with Crippen LogP contribution in [0.5, 0.6) is 0 Å². The zero-order valence-corrected chi connectivity index (χ0v) is 12.0. The van der Waals surface area contributed by atoms with Crippen molar-refractivity contribution < 1.29 is 5.11 Å². The standard InChI is InChI=1S/C9H17N3OS.HI/c1-7-4-10-8(12-7)11-5-9(13)2-3-14-6-9;/h7,13H,2-6H2,1H3,(H2,10,11,12);1H. The Morgan fingerprint density at radius 1 is 1.73 bits per heavy atom. The molecule has 0 bridgehead atoms. The zero-order chi connectivity index (χ0) is 10.0. The first-order valence-electron chi connectivity index (χ1n) is 5.03. The van der Waals surface area contributed by atoms with Crippen molar-refractivity contribution in [1.29, 1.82) is 0 Å². The van der Waals surface area contributed by atoms with Crippen molar-refractivity contribution in [2.75, 3.05) is 24.6 Å². The molecule has 0 spiro atoms. The van der Waals surface area contributed by atoms with Gasteiger partial charge in [0.05, 0.1) is 12.1 Å². The number of nitrogens with one attached hydrogen (secondary N) is 2. The molecule has 1 fully saturated rings. The zero-order valence-electron chi connectivity index (χ0n) is 8.82. The molecule has 3 N–H and O–H groups in total. The third kappa shape index (κ3) is 3.67. The molecule has 2 aliphatic rings. The van der Waals surface area contributed by atoms with Gasteiger partial charge in [0.1, 0.15) is 0 Å². The van der Waals surface area contributed by atoms with Gasteiger partial charge in [0, 0.05) is 18.3 Å². The predicted molar refractivity (Wildman–Crippen MR) is 75.2 cm³/mol. The fourth-order valence-corrected chi connectivity index (χ4v) is 2.94. The van der Waals surface area contributed by atoms with E-state index in [-0.39, 0.29) is 24.0 Å². The van der Waals surface area contributed by atoms with Gasteiger partial charge in [-0.3, -0.25) is 4.99 Å². The third-order valence-electron chi connectivity index (χ3n) is 2.57. The number of guanidine groups is 1. The number of hydrogen-bond acceptors (Lipinski definition) is 5. The Kier molecular flexibility index (Phi) is 4.98. The fourth-order valence-electron chi connectivity index (χ4n) is 1.64. The molecular formula is C9H18IN3OS. The van der Waals surface area contributed by atoms with Crippen LogP contribution in [0, 0.1) is 0 Å². The number of aliphatic imine (C=N–C) groups is 1. The van der Waals surface area contributed by atoms with Crippen LogP contribution in [0.4, 0.5) is 0 Å². The number of nitrogens with zero attached hydrogens (tertiary/aromatic N) is 1. The van der Waals surface area contributed by atoms with Gasteiger partial charge < -0.3 is 15.7 Å². The number of aliphatic hydroxyl groups is 1. The summed E-state index contributed by atoms with van der Waals surface area (Å²) in [5.41, 5.74) is -0.527. The molecule has 2 heterocycles. The molecule has 4 nitrogen and oxygen atoms in total. The Morgan fingerprint density at radius 2 is 2.53 bits per heavy atom. The van der Waals surface area contributed by atoms with E-state index in [9.17, 15) is 5.11 Å². The van der Waals surface area contributed by atoms with Crippen molar-refractivity contribution in [3.05, 3.63) is 0 Å². The van der Waals surface area contributed by atoms with Gasteiger partial charge in [-0.15, -0.1) is 24.0 Å². The summed E-state index contributed by atoms with van der Waals surface area (Å²) in [4.78, 5) is 4.29. The second-order valence-corrected chi connectivity index (χ2v) is 5.22. The molecule has 0 aromatic carbocycles. The highest BCUT2D eigenvalue weighted by Gasteiger charge is 2.32. The summed E-state index contributed by atoms with van der Waals surface area (Å²) < 4.78 is 0. The van der Waals surface area contributed by atoms with Gasteiger partial charge in [-0.05, 0) is 19.1 Å². The molecule has 2 unspecified atom stereocenters. The van der Waals surface area contributed by atoms with E-state index in [1.165, 1.54) is 0 Å². The molecule has 6 heteroatoms. The van der Waals surface area contributed by atoms with Crippen molar-refractivity contribution in [2.45, 2.75) is 25.0 Å². The Hall–Kier alpha value is 0.310. The van der Waals surface area contributed by atoms with E-state index < -0.39 is 5.60 Å². The first-order chi connectivity index (χ1) is 6.68. The van der Waals surface area contributed by atoms with Crippen LogP contribution in [0.1, 0.15) is 13.3 Å². The van der Waals surface area contributed by atoms with Gasteiger partial charge in [-0.25, -0.2) is 0 Å². The second-order valence-electron chi connectivity index (χ2n) is 4.12. The normalized spacial score (nSPS) is 34.3. The molecule has 0 aliphatic carbocycles. The average molecular weight is 343 g/mol. The van der Waals surface area contributed by atoms with E-state index in [1.807, 2.05) is 11.8 Å². The Labute approximate surface area is 112 Å². The van der Waals surface area contributed by atoms with Crippen molar-refractivity contribution in [3.8, 4) is 0 Å². The highest BCUT2D eigenvalue weighted by atomic mass is 127. The van der Waals surface area contributed by atoms with E-state index in [4.69, 9.17) is 0 Å². The lowest BCUT2D eigenvalue weighted by Crippen LogP contribution is -2.47. The molecule has 88 valence electrons. The topological polar surface area (TPSA) is 56.7 Å². The molecule has 0 aromatic heterocycles. The molecule has 1 saturated heterocycles. The van der Waals surface area contributed by atoms with Gasteiger partial charge in [-0.1, -0.05) is 0 Å². The number of hydrogen-bond donors (Lipinski definition) is 3. The molecule has 0 aromatic rings.